The van der Waals surface area contributed by atoms with Crippen LogP contribution in [0, 0.1) is 11.3 Å². The summed E-state index contributed by atoms with van der Waals surface area (Å²) in [6, 6.07) is 9.26. The normalized spacial score (nSPS) is 24.2. The summed E-state index contributed by atoms with van der Waals surface area (Å²) >= 11 is 0. The van der Waals surface area contributed by atoms with E-state index in [1.807, 2.05) is 0 Å². The maximum Gasteiger partial charge on any atom is 0.261 e. The fourth-order valence-electron chi connectivity index (χ4n) is 4.99. The fourth-order valence-corrected chi connectivity index (χ4v) is 6.33. The van der Waals surface area contributed by atoms with Crippen LogP contribution in [-0.2, 0) is 16.6 Å². The zero-order valence-corrected chi connectivity index (χ0v) is 21.0. The molecule has 1 saturated carbocycles. The lowest BCUT2D eigenvalue weighted by Gasteiger charge is -2.42. The second-order valence-corrected chi connectivity index (χ2v) is 11.6. The molecule has 1 aliphatic heterocycles. The van der Waals surface area contributed by atoms with Crippen LogP contribution in [-0.4, -0.2) is 61.2 Å². The molecular formula is C24H31N7O3S. The number of H-pyrrole nitrogens is 1. The average molecular weight is 498 g/mol. The monoisotopic (exact) mass is 497 g/mol. The molecule has 4 rings (SSSR count). The molecule has 186 valence electrons. The van der Waals surface area contributed by atoms with E-state index in [0.29, 0.717) is 29.4 Å². The Bertz CT molecular complexity index is 1350. The van der Waals surface area contributed by atoms with Gasteiger partial charge in [-0.05, 0) is 69.6 Å². The number of amidine groups is 1. The van der Waals surface area contributed by atoms with Gasteiger partial charge in [-0.25, -0.2) is 13.4 Å². The van der Waals surface area contributed by atoms with Gasteiger partial charge in [0, 0.05) is 25.8 Å². The van der Waals surface area contributed by atoms with Crippen molar-refractivity contribution < 1.29 is 8.42 Å². The highest BCUT2D eigenvalue weighted by molar-refractivity contribution is 7.89. The standard InChI is InChI=1S/C24H31N7O3S/c1-30(2)18-6-9-24(10-7-18,11-12-25)29-19-8-13-27-23(32)21(19)22(26)28-17-4-5-20-16(14-17)15-31(3)35(20,33)34/h4-5,8,13-14,18H,6-7,9-11,15H2,1-3H3,(H2,26,28)(H2,27,29,32). The van der Waals surface area contributed by atoms with Gasteiger partial charge in [-0.15, -0.1) is 0 Å². The molecule has 0 radical (unpaired) electrons. The van der Waals surface area contributed by atoms with Crippen LogP contribution in [0.15, 0.2) is 45.1 Å². The zero-order valence-electron chi connectivity index (χ0n) is 20.2. The van der Waals surface area contributed by atoms with Crippen LogP contribution in [0.3, 0.4) is 0 Å². The van der Waals surface area contributed by atoms with Gasteiger partial charge in [-0.3, -0.25) is 4.79 Å². The van der Waals surface area contributed by atoms with E-state index in [2.05, 4.69) is 40.4 Å². The second kappa shape index (κ2) is 9.45. The quantitative estimate of drug-likeness (QED) is 0.409. The van der Waals surface area contributed by atoms with Crippen molar-refractivity contribution >= 4 is 27.2 Å². The van der Waals surface area contributed by atoms with E-state index >= 15 is 0 Å². The molecule has 10 nitrogen and oxygen atoms in total. The van der Waals surface area contributed by atoms with Gasteiger partial charge in [0.15, 0.2) is 0 Å². The molecule has 1 fully saturated rings. The molecule has 0 spiro atoms. The summed E-state index contributed by atoms with van der Waals surface area (Å²) in [4.78, 5) is 22.4. The predicted molar refractivity (Wildman–Crippen MR) is 135 cm³/mol. The van der Waals surface area contributed by atoms with E-state index in [1.165, 1.54) is 17.4 Å². The Morgan fingerprint density at radius 2 is 2.06 bits per heavy atom. The van der Waals surface area contributed by atoms with E-state index in [4.69, 9.17) is 5.73 Å². The molecule has 1 aromatic carbocycles. The summed E-state index contributed by atoms with van der Waals surface area (Å²) in [5.74, 6) is 0.0117. The number of fused-ring (bicyclic) bond motifs is 1. The Labute approximate surface area is 205 Å². The molecule has 0 atom stereocenters. The number of anilines is 1. The number of aromatic amines is 1. The van der Waals surface area contributed by atoms with Crippen LogP contribution in [0.1, 0.15) is 43.2 Å². The third-order valence-corrected chi connectivity index (χ3v) is 8.96. The van der Waals surface area contributed by atoms with Crippen LogP contribution in [0.5, 0.6) is 0 Å². The van der Waals surface area contributed by atoms with Gasteiger partial charge in [0.2, 0.25) is 10.0 Å². The third-order valence-electron chi connectivity index (χ3n) is 7.05. The third kappa shape index (κ3) is 4.82. The summed E-state index contributed by atoms with van der Waals surface area (Å²) in [7, 11) is 2.18. The second-order valence-electron chi connectivity index (χ2n) is 9.58. The molecule has 0 bridgehead atoms. The molecule has 4 N–H and O–H groups in total. The zero-order chi connectivity index (χ0) is 25.4. The first-order valence-corrected chi connectivity index (χ1v) is 13.0. The summed E-state index contributed by atoms with van der Waals surface area (Å²) in [5.41, 5.74) is 7.29. The van der Waals surface area contributed by atoms with Crippen LogP contribution in [0.2, 0.25) is 0 Å². The summed E-state index contributed by atoms with van der Waals surface area (Å²) in [5, 5.41) is 13.0. The van der Waals surface area contributed by atoms with Gasteiger partial charge in [0.05, 0.1) is 34.3 Å². The number of aromatic nitrogens is 1. The van der Waals surface area contributed by atoms with Crippen molar-refractivity contribution in [2.24, 2.45) is 10.7 Å². The molecule has 11 heteroatoms. The topological polar surface area (TPSA) is 148 Å². The minimum absolute atomic E-state index is 0.0117. The van der Waals surface area contributed by atoms with Gasteiger partial charge in [-0.2, -0.15) is 9.57 Å². The SMILES string of the molecule is CN(C)C1CCC(CC#N)(Nc2cc[nH]c(=O)c2C(N)=Nc2ccc3c(c2)CN(C)S3(=O)=O)CC1. The Balaban J connectivity index is 1.66. The predicted octanol–water partition coefficient (Wildman–Crippen LogP) is 2.11. The number of rotatable bonds is 6. The minimum atomic E-state index is -3.47. The number of nitrogens with two attached hydrogens (primary N) is 1. The van der Waals surface area contributed by atoms with Gasteiger partial charge in [0.25, 0.3) is 5.56 Å². The molecule has 2 heterocycles. The summed E-state index contributed by atoms with van der Waals surface area (Å²) in [6.45, 7) is 0.254. The van der Waals surface area contributed by atoms with Crippen molar-refractivity contribution in [1.82, 2.24) is 14.2 Å². The molecule has 2 aromatic rings. The first-order chi connectivity index (χ1) is 16.6. The van der Waals surface area contributed by atoms with E-state index in [0.717, 1.165) is 25.7 Å². The van der Waals surface area contributed by atoms with Crippen LogP contribution in [0.25, 0.3) is 0 Å². The summed E-state index contributed by atoms with van der Waals surface area (Å²) in [6.07, 6.45) is 5.32. The van der Waals surface area contributed by atoms with Crippen molar-refractivity contribution in [3.8, 4) is 6.07 Å². The smallest absolute Gasteiger partial charge is 0.261 e. The number of aliphatic imine (C=N–C) groups is 1. The van der Waals surface area contributed by atoms with E-state index in [1.54, 1.807) is 24.4 Å². The maximum absolute atomic E-state index is 12.8. The van der Waals surface area contributed by atoms with E-state index in [-0.39, 0.29) is 22.8 Å². The Hall–Kier alpha value is -3.20. The first kappa shape index (κ1) is 24.9. The van der Waals surface area contributed by atoms with Crippen LogP contribution in [0.4, 0.5) is 11.4 Å². The lowest BCUT2D eigenvalue weighted by molar-refractivity contribution is 0.185. The van der Waals surface area contributed by atoms with Crippen LogP contribution < -0.4 is 16.6 Å². The molecule has 1 aliphatic carbocycles. The molecular weight excluding hydrogens is 466 g/mol. The van der Waals surface area contributed by atoms with Crippen molar-refractivity contribution in [2.75, 3.05) is 26.5 Å². The van der Waals surface area contributed by atoms with E-state index < -0.39 is 21.1 Å². The number of hydrogen-bond donors (Lipinski definition) is 3. The molecule has 0 saturated heterocycles. The van der Waals surface area contributed by atoms with Crippen molar-refractivity contribution in [1.29, 1.82) is 5.26 Å². The lowest BCUT2D eigenvalue weighted by atomic mass is 9.77. The van der Waals surface area contributed by atoms with Crippen molar-refractivity contribution in [3.63, 3.8) is 0 Å². The number of hydrogen-bond acceptors (Lipinski definition) is 7. The number of pyridine rings is 1. The van der Waals surface area contributed by atoms with Crippen molar-refractivity contribution in [2.45, 2.75) is 55.1 Å². The average Bonchev–Trinajstić information content (AvgIpc) is 3.02. The largest absolute Gasteiger partial charge is 0.383 e. The fraction of sp³-hybridized carbons (Fsp3) is 0.458. The Kier molecular flexibility index (Phi) is 6.73. The maximum atomic E-state index is 12.8. The Morgan fingerprint density at radius 1 is 1.34 bits per heavy atom. The molecule has 0 amide bonds. The van der Waals surface area contributed by atoms with E-state index in [9.17, 15) is 18.5 Å². The highest BCUT2D eigenvalue weighted by atomic mass is 32.2. The van der Waals surface area contributed by atoms with Gasteiger partial charge >= 0.3 is 0 Å². The molecule has 35 heavy (non-hydrogen) atoms. The highest BCUT2D eigenvalue weighted by Crippen LogP contribution is 2.36. The number of sulfonamides is 1. The van der Waals surface area contributed by atoms with Gasteiger partial charge < -0.3 is 20.9 Å². The molecule has 2 aliphatic rings. The highest BCUT2D eigenvalue weighted by Gasteiger charge is 2.37. The minimum Gasteiger partial charge on any atom is -0.383 e. The number of benzene rings is 1. The number of nitrogens with one attached hydrogen (secondary N) is 2. The first-order valence-electron chi connectivity index (χ1n) is 11.5. The summed E-state index contributed by atoms with van der Waals surface area (Å²) < 4.78 is 26.0. The number of nitrogens with zero attached hydrogens (tertiary/aromatic N) is 4. The van der Waals surface area contributed by atoms with Gasteiger partial charge in [0.1, 0.15) is 11.4 Å². The van der Waals surface area contributed by atoms with Gasteiger partial charge in [-0.1, -0.05) is 0 Å². The number of nitriles is 1. The molecule has 1 aromatic heterocycles. The molecule has 0 unspecified atom stereocenters. The van der Waals surface area contributed by atoms with Crippen molar-refractivity contribution in [3.05, 3.63) is 51.9 Å². The lowest BCUT2D eigenvalue weighted by Crippen LogP contribution is -2.46. The van der Waals surface area contributed by atoms with Crippen LogP contribution >= 0.6 is 0 Å². The Morgan fingerprint density at radius 3 is 2.71 bits per heavy atom.